The minimum absolute atomic E-state index is 0.163. The molecule has 2 aromatic carbocycles. The van der Waals surface area contributed by atoms with E-state index in [0.717, 1.165) is 5.56 Å². The number of carbonyl (C=O) groups is 2. The molecule has 1 unspecified atom stereocenters. The number of fused-ring (bicyclic) bond motifs is 2. The number of rotatable bonds is 2. The van der Waals surface area contributed by atoms with Crippen molar-refractivity contribution < 1.29 is 19.1 Å². The number of amides is 3. The molecule has 1 atom stereocenters. The summed E-state index contributed by atoms with van der Waals surface area (Å²) in [6, 6.07) is 11.4. The van der Waals surface area contributed by atoms with Gasteiger partial charge < -0.3 is 20.5 Å². The van der Waals surface area contributed by atoms with E-state index < -0.39 is 18.0 Å². The number of anilines is 2. The van der Waals surface area contributed by atoms with Crippen LogP contribution in [0.2, 0.25) is 0 Å². The second-order valence-corrected chi connectivity index (χ2v) is 5.62. The first-order valence-corrected chi connectivity index (χ1v) is 7.50. The van der Waals surface area contributed by atoms with Crippen LogP contribution in [0.5, 0.6) is 11.5 Å². The van der Waals surface area contributed by atoms with Gasteiger partial charge in [0.25, 0.3) is 0 Å². The molecule has 2 aliphatic heterocycles. The van der Waals surface area contributed by atoms with Gasteiger partial charge in [-0.05, 0) is 23.8 Å². The average molecular weight is 325 g/mol. The van der Waals surface area contributed by atoms with Crippen LogP contribution in [-0.2, 0) is 11.2 Å². The van der Waals surface area contributed by atoms with E-state index in [1.54, 1.807) is 24.3 Å². The fourth-order valence-corrected chi connectivity index (χ4v) is 3.02. The Bertz CT molecular complexity index is 836. The Labute approximate surface area is 138 Å². The zero-order valence-electron chi connectivity index (χ0n) is 12.7. The third-order valence-electron chi connectivity index (χ3n) is 4.15. The lowest BCUT2D eigenvalue weighted by molar-refractivity contribution is -0.119. The molecule has 3 N–H and O–H groups in total. The van der Waals surface area contributed by atoms with Gasteiger partial charge in [0.15, 0.2) is 11.5 Å². The summed E-state index contributed by atoms with van der Waals surface area (Å²) < 4.78 is 10.5. The fraction of sp³-hybridized carbons (Fsp3) is 0.176. The summed E-state index contributed by atoms with van der Waals surface area (Å²) in [6.07, 6.45) is 0.417. The highest BCUT2D eigenvalue weighted by Crippen LogP contribution is 2.35. The Kier molecular flexibility index (Phi) is 3.26. The molecule has 4 rings (SSSR count). The number of hydrogen-bond acceptors (Lipinski definition) is 4. The summed E-state index contributed by atoms with van der Waals surface area (Å²) in [5, 5.41) is 2.78. The summed E-state index contributed by atoms with van der Waals surface area (Å²) in [5.74, 6) is 0.669. The number of ether oxygens (including phenoxy) is 2. The van der Waals surface area contributed by atoms with Crippen LogP contribution < -0.4 is 25.4 Å². The number of hydrogen-bond donors (Lipinski definition) is 2. The molecule has 0 radical (unpaired) electrons. The molecule has 2 aliphatic rings. The van der Waals surface area contributed by atoms with Gasteiger partial charge in [-0.15, -0.1) is 0 Å². The summed E-state index contributed by atoms with van der Waals surface area (Å²) >= 11 is 0. The van der Waals surface area contributed by atoms with E-state index in [2.05, 4.69) is 5.32 Å². The number of carbonyl (C=O) groups excluding carboxylic acids is 2. The van der Waals surface area contributed by atoms with Crippen LogP contribution in [0.3, 0.4) is 0 Å². The Balaban J connectivity index is 1.61. The maximum absolute atomic E-state index is 12.7. The highest BCUT2D eigenvalue weighted by molar-refractivity contribution is 6.08. The van der Waals surface area contributed by atoms with Crippen molar-refractivity contribution in [3.63, 3.8) is 0 Å². The lowest BCUT2D eigenvalue weighted by Gasteiger charge is -2.23. The van der Waals surface area contributed by atoms with Crippen LogP contribution in [-0.4, -0.2) is 24.8 Å². The van der Waals surface area contributed by atoms with Crippen molar-refractivity contribution in [3.05, 3.63) is 48.0 Å². The van der Waals surface area contributed by atoms with Crippen molar-refractivity contribution in [1.29, 1.82) is 0 Å². The molecule has 24 heavy (non-hydrogen) atoms. The van der Waals surface area contributed by atoms with Crippen LogP contribution in [0, 0.1) is 0 Å². The molecule has 3 amide bonds. The van der Waals surface area contributed by atoms with Gasteiger partial charge in [-0.1, -0.05) is 18.2 Å². The van der Waals surface area contributed by atoms with E-state index in [0.29, 0.717) is 29.3 Å². The minimum Gasteiger partial charge on any atom is -0.454 e. The Morgan fingerprint density at radius 3 is 2.75 bits per heavy atom. The summed E-state index contributed by atoms with van der Waals surface area (Å²) in [7, 11) is 0. The summed E-state index contributed by atoms with van der Waals surface area (Å²) in [4.78, 5) is 25.9. The molecule has 0 saturated heterocycles. The first kappa shape index (κ1) is 14.4. The topological polar surface area (TPSA) is 93.9 Å². The standard InChI is InChI=1S/C17H15N3O4/c18-16(21)13-7-10-3-1-2-4-12(10)20(13)17(22)19-11-5-6-14-15(8-11)24-9-23-14/h1-6,8,13H,7,9H2,(H2,18,21)(H,19,22). The first-order chi connectivity index (χ1) is 11.6. The SMILES string of the molecule is NC(=O)C1Cc2ccccc2N1C(=O)Nc1ccc2c(c1)OCO2. The first-order valence-electron chi connectivity index (χ1n) is 7.50. The van der Waals surface area contributed by atoms with Gasteiger partial charge in [-0.2, -0.15) is 0 Å². The molecular weight excluding hydrogens is 310 g/mol. The summed E-state index contributed by atoms with van der Waals surface area (Å²) in [5.41, 5.74) is 7.64. The molecule has 122 valence electrons. The zero-order chi connectivity index (χ0) is 16.7. The molecule has 0 saturated carbocycles. The van der Waals surface area contributed by atoms with Crippen molar-refractivity contribution in [2.24, 2.45) is 5.73 Å². The lowest BCUT2D eigenvalue weighted by Crippen LogP contribution is -2.47. The quantitative estimate of drug-likeness (QED) is 0.881. The molecule has 2 heterocycles. The monoisotopic (exact) mass is 325 g/mol. The Hall–Kier alpha value is -3.22. The van der Waals surface area contributed by atoms with Crippen LogP contribution in [0.25, 0.3) is 0 Å². The van der Waals surface area contributed by atoms with E-state index in [9.17, 15) is 9.59 Å². The van der Waals surface area contributed by atoms with Gasteiger partial charge >= 0.3 is 6.03 Å². The van der Waals surface area contributed by atoms with E-state index in [4.69, 9.17) is 15.2 Å². The molecule has 0 aromatic heterocycles. The zero-order valence-corrected chi connectivity index (χ0v) is 12.7. The van der Waals surface area contributed by atoms with Crippen LogP contribution in [0.15, 0.2) is 42.5 Å². The Morgan fingerprint density at radius 2 is 1.92 bits per heavy atom. The van der Waals surface area contributed by atoms with Gasteiger partial charge in [0, 0.05) is 23.9 Å². The third kappa shape index (κ3) is 2.30. The van der Waals surface area contributed by atoms with Crippen molar-refractivity contribution in [3.8, 4) is 11.5 Å². The van der Waals surface area contributed by atoms with Crippen molar-refractivity contribution in [2.45, 2.75) is 12.5 Å². The van der Waals surface area contributed by atoms with Crippen LogP contribution in [0.4, 0.5) is 16.2 Å². The van der Waals surface area contributed by atoms with Crippen molar-refractivity contribution in [2.75, 3.05) is 17.0 Å². The van der Waals surface area contributed by atoms with E-state index in [1.165, 1.54) is 4.90 Å². The average Bonchev–Trinajstić information content (AvgIpc) is 3.18. The summed E-state index contributed by atoms with van der Waals surface area (Å²) in [6.45, 7) is 0.163. The molecule has 0 bridgehead atoms. The molecule has 0 aliphatic carbocycles. The number of benzene rings is 2. The van der Waals surface area contributed by atoms with Crippen molar-refractivity contribution in [1.82, 2.24) is 0 Å². The second kappa shape index (κ2) is 5.45. The molecular formula is C17H15N3O4. The Morgan fingerprint density at radius 1 is 1.12 bits per heavy atom. The third-order valence-corrected chi connectivity index (χ3v) is 4.15. The molecule has 0 spiro atoms. The molecule has 0 fully saturated rings. The number of nitrogens with two attached hydrogens (primary N) is 1. The lowest BCUT2D eigenvalue weighted by atomic mass is 10.1. The van der Waals surface area contributed by atoms with E-state index in [1.807, 2.05) is 18.2 Å². The van der Waals surface area contributed by atoms with Crippen LogP contribution in [0.1, 0.15) is 5.56 Å². The van der Waals surface area contributed by atoms with Gasteiger partial charge in [-0.25, -0.2) is 4.79 Å². The normalized spacial score (nSPS) is 17.5. The molecule has 7 heteroatoms. The van der Waals surface area contributed by atoms with Gasteiger partial charge in [0.2, 0.25) is 12.7 Å². The second-order valence-electron chi connectivity index (χ2n) is 5.62. The van der Waals surface area contributed by atoms with Gasteiger partial charge in [-0.3, -0.25) is 9.69 Å². The highest BCUT2D eigenvalue weighted by atomic mass is 16.7. The van der Waals surface area contributed by atoms with Crippen molar-refractivity contribution >= 4 is 23.3 Å². The van der Waals surface area contributed by atoms with Crippen LogP contribution >= 0.6 is 0 Å². The maximum atomic E-state index is 12.7. The molecule has 2 aromatic rings. The molecule has 7 nitrogen and oxygen atoms in total. The van der Waals surface area contributed by atoms with Gasteiger partial charge in [0.05, 0.1) is 0 Å². The largest absolute Gasteiger partial charge is 0.454 e. The number of primary amides is 1. The van der Waals surface area contributed by atoms with Gasteiger partial charge in [0.1, 0.15) is 6.04 Å². The minimum atomic E-state index is -0.698. The smallest absolute Gasteiger partial charge is 0.327 e. The predicted octanol–water partition coefficient (Wildman–Crippen LogP) is 1.86. The number of nitrogens with zero attached hydrogens (tertiary/aromatic N) is 1. The number of nitrogens with one attached hydrogen (secondary N) is 1. The number of urea groups is 1. The number of para-hydroxylation sites is 1. The fourth-order valence-electron chi connectivity index (χ4n) is 3.02. The highest BCUT2D eigenvalue weighted by Gasteiger charge is 2.37. The van der Waals surface area contributed by atoms with E-state index >= 15 is 0 Å². The predicted molar refractivity (Wildman–Crippen MR) is 87.2 cm³/mol. The maximum Gasteiger partial charge on any atom is 0.327 e. The van der Waals surface area contributed by atoms with E-state index in [-0.39, 0.29) is 6.79 Å².